The quantitative estimate of drug-likeness (QED) is 0.771. The molecule has 0 fully saturated rings. The largest absolute Gasteiger partial charge is 0.331 e. The van der Waals surface area contributed by atoms with Crippen LogP contribution in [0.2, 0.25) is 0 Å². The van der Waals surface area contributed by atoms with Crippen LogP contribution in [0.5, 0.6) is 0 Å². The first-order chi connectivity index (χ1) is 8.92. The zero-order valence-corrected chi connectivity index (χ0v) is 10.3. The van der Waals surface area contributed by atoms with E-state index < -0.39 is 0 Å². The van der Waals surface area contributed by atoms with Crippen LogP contribution < -0.4 is 5.32 Å². The molecule has 0 saturated heterocycles. The fourth-order valence-electron chi connectivity index (χ4n) is 1.58. The molecule has 1 radical (unpaired) electrons. The number of anilines is 2. The standard InChI is InChI=1S/C14H10N3S/c1-2-4-11(5-3-1)13-10-16-14(18-13)17-12-6-8-15-9-7-12/h2-10H,(H,15,16,17). The molecule has 18 heavy (non-hydrogen) atoms. The Labute approximate surface area is 109 Å². The van der Waals surface area contributed by atoms with Gasteiger partial charge in [-0.15, -0.1) is 0 Å². The van der Waals surface area contributed by atoms with Gasteiger partial charge in [0.1, 0.15) is 0 Å². The van der Waals surface area contributed by atoms with Gasteiger partial charge in [-0.05, 0) is 23.8 Å². The van der Waals surface area contributed by atoms with Crippen molar-refractivity contribution in [3.05, 3.63) is 61.1 Å². The van der Waals surface area contributed by atoms with E-state index in [2.05, 4.69) is 21.4 Å². The zero-order chi connectivity index (χ0) is 12.2. The second-order valence-corrected chi connectivity index (χ2v) is 4.71. The third kappa shape index (κ3) is 2.38. The van der Waals surface area contributed by atoms with E-state index in [9.17, 15) is 0 Å². The highest BCUT2D eigenvalue weighted by atomic mass is 32.1. The molecule has 0 atom stereocenters. The molecule has 0 aliphatic rings. The van der Waals surface area contributed by atoms with Crippen LogP contribution >= 0.6 is 11.3 Å². The average Bonchev–Trinajstić information content (AvgIpc) is 2.89. The Bertz CT molecular complexity index is 620. The lowest BCUT2D eigenvalue weighted by molar-refractivity contribution is 1.32. The molecule has 0 bridgehead atoms. The number of thiazole rings is 1. The Morgan fingerprint density at radius 3 is 2.61 bits per heavy atom. The fourth-order valence-corrected chi connectivity index (χ4v) is 2.42. The SMILES string of the molecule is [c]1ccc(-c2cnc(Nc3ccncc3)s2)cc1. The number of nitrogens with one attached hydrogen (secondary N) is 1. The van der Waals surface area contributed by atoms with Crippen LogP contribution in [-0.4, -0.2) is 9.97 Å². The van der Waals surface area contributed by atoms with E-state index in [1.54, 1.807) is 23.7 Å². The maximum Gasteiger partial charge on any atom is 0.187 e. The molecule has 0 aliphatic carbocycles. The van der Waals surface area contributed by atoms with Crippen molar-refractivity contribution in [2.45, 2.75) is 0 Å². The molecule has 4 heteroatoms. The molecule has 1 aromatic carbocycles. The minimum absolute atomic E-state index is 0.879. The number of hydrogen-bond donors (Lipinski definition) is 1. The Hall–Kier alpha value is -2.20. The summed E-state index contributed by atoms with van der Waals surface area (Å²) in [5, 5.41) is 4.13. The van der Waals surface area contributed by atoms with Crippen molar-refractivity contribution < 1.29 is 0 Å². The van der Waals surface area contributed by atoms with Crippen molar-refractivity contribution in [2.24, 2.45) is 0 Å². The van der Waals surface area contributed by atoms with E-state index in [4.69, 9.17) is 0 Å². The lowest BCUT2D eigenvalue weighted by Gasteiger charge is -2.00. The summed E-state index contributed by atoms with van der Waals surface area (Å²) in [5.74, 6) is 0. The first kappa shape index (κ1) is 10.9. The zero-order valence-electron chi connectivity index (χ0n) is 9.50. The number of pyridine rings is 1. The number of aromatic nitrogens is 2. The molecule has 2 aromatic heterocycles. The normalized spacial score (nSPS) is 10.2. The monoisotopic (exact) mass is 252 g/mol. The Kier molecular flexibility index (Phi) is 3.02. The van der Waals surface area contributed by atoms with Crippen LogP contribution in [0, 0.1) is 6.07 Å². The Morgan fingerprint density at radius 2 is 1.83 bits per heavy atom. The summed E-state index contributed by atoms with van der Waals surface area (Å²) in [5.41, 5.74) is 2.15. The van der Waals surface area contributed by atoms with Gasteiger partial charge in [-0.1, -0.05) is 35.6 Å². The summed E-state index contributed by atoms with van der Waals surface area (Å²) in [6.07, 6.45) is 5.39. The van der Waals surface area contributed by atoms with Crippen molar-refractivity contribution >= 4 is 22.2 Å². The third-order valence-electron chi connectivity index (χ3n) is 2.44. The number of nitrogens with zero attached hydrogens (tertiary/aromatic N) is 2. The number of rotatable bonds is 3. The molecule has 0 unspecified atom stereocenters. The van der Waals surface area contributed by atoms with E-state index in [0.717, 1.165) is 21.3 Å². The minimum atomic E-state index is 0.879. The van der Waals surface area contributed by atoms with Gasteiger partial charge in [0.2, 0.25) is 0 Å². The number of hydrogen-bond acceptors (Lipinski definition) is 4. The Morgan fingerprint density at radius 1 is 1.06 bits per heavy atom. The topological polar surface area (TPSA) is 37.8 Å². The number of benzene rings is 1. The lowest BCUT2D eigenvalue weighted by atomic mass is 10.2. The molecule has 3 rings (SSSR count). The third-order valence-corrected chi connectivity index (χ3v) is 3.40. The molecule has 3 nitrogen and oxygen atoms in total. The van der Waals surface area contributed by atoms with Crippen molar-refractivity contribution in [1.82, 2.24) is 9.97 Å². The summed E-state index contributed by atoms with van der Waals surface area (Å²) in [4.78, 5) is 9.48. The molecule has 1 N–H and O–H groups in total. The maximum atomic E-state index is 4.36. The predicted octanol–water partition coefficient (Wildman–Crippen LogP) is 3.75. The van der Waals surface area contributed by atoms with Gasteiger partial charge in [0.25, 0.3) is 0 Å². The van der Waals surface area contributed by atoms with Crippen LogP contribution in [0.15, 0.2) is 55.0 Å². The van der Waals surface area contributed by atoms with Gasteiger partial charge in [0.05, 0.1) is 4.88 Å². The highest BCUT2D eigenvalue weighted by Gasteiger charge is 2.03. The molecule has 0 amide bonds. The van der Waals surface area contributed by atoms with Crippen molar-refractivity contribution in [3.8, 4) is 10.4 Å². The van der Waals surface area contributed by atoms with Crippen LogP contribution in [0.25, 0.3) is 10.4 Å². The first-order valence-corrected chi connectivity index (χ1v) is 6.33. The maximum absolute atomic E-state index is 4.36. The van der Waals surface area contributed by atoms with Gasteiger partial charge < -0.3 is 5.32 Å². The first-order valence-electron chi connectivity index (χ1n) is 5.51. The Balaban J connectivity index is 1.82. The molecular formula is C14H10N3S. The summed E-state index contributed by atoms with van der Waals surface area (Å²) in [6, 6.07) is 14.7. The van der Waals surface area contributed by atoms with Crippen molar-refractivity contribution in [1.29, 1.82) is 0 Å². The average molecular weight is 252 g/mol. The molecular weight excluding hydrogens is 242 g/mol. The van der Waals surface area contributed by atoms with E-state index in [1.807, 2.05) is 42.6 Å². The summed E-state index contributed by atoms with van der Waals surface area (Å²) in [7, 11) is 0. The van der Waals surface area contributed by atoms with E-state index >= 15 is 0 Å². The van der Waals surface area contributed by atoms with Crippen LogP contribution in [0.1, 0.15) is 0 Å². The van der Waals surface area contributed by atoms with E-state index in [1.165, 1.54) is 0 Å². The smallest absolute Gasteiger partial charge is 0.187 e. The highest BCUT2D eigenvalue weighted by Crippen LogP contribution is 2.30. The second-order valence-electron chi connectivity index (χ2n) is 3.68. The van der Waals surface area contributed by atoms with Gasteiger partial charge in [-0.3, -0.25) is 4.98 Å². The molecule has 0 aliphatic heterocycles. The van der Waals surface area contributed by atoms with Crippen LogP contribution in [0.3, 0.4) is 0 Å². The molecule has 0 spiro atoms. The fraction of sp³-hybridized carbons (Fsp3) is 0. The molecule has 2 heterocycles. The van der Waals surface area contributed by atoms with Crippen LogP contribution in [0.4, 0.5) is 10.8 Å². The predicted molar refractivity (Wildman–Crippen MR) is 73.9 cm³/mol. The van der Waals surface area contributed by atoms with Crippen molar-refractivity contribution in [2.75, 3.05) is 5.32 Å². The lowest BCUT2D eigenvalue weighted by Crippen LogP contribution is -1.87. The summed E-state index contributed by atoms with van der Waals surface area (Å²) < 4.78 is 0. The van der Waals surface area contributed by atoms with Crippen LogP contribution in [-0.2, 0) is 0 Å². The van der Waals surface area contributed by atoms with Gasteiger partial charge in [0.15, 0.2) is 5.13 Å². The molecule has 0 saturated carbocycles. The van der Waals surface area contributed by atoms with E-state index in [-0.39, 0.29) is 0 Å². The highest BCUT2D eigenvalue weighted by molar-refractivity contribution is 7.18. The van der Waals surface area contributed by atoms with Crippen molar-refractivity contribution in [3.63, 3.8) is 0 Å². The van der Waals surface area contributed by atoms with Gasteiger partial charge >= 0.3 is 0 Å². The van der Waals surface area contributed by atoms with Gasteiger partial charge in [-0.25, -0.2) is 4.98 Å². The molecule has 87 valence electrons. The molecule has 3 aromatic rings. The second kappa shape index (κ2) is 4.98. The van der Waals surface area contributed by atoms with E-state index in [0.29, 0.717) is 0 Å². The summed E-state index contributed by atoms with van der Waals surface area (Å²) >= 11 is 1.62. The van der Waals surface area contributed by atoms with Gasteiger partial charge in [-0.2, -0.15) is 0 Å². The van der Waals surface area contributed by atoms with Gasteiger partial charge in [0, 0.05) is 24.3 Å². The summed E-state index contributed by atoms with van der Waals surface area (Å²) in [6.45, 7) is 0. The minimum Gasteiger partial charge on any atom is -0.331 e.